The lowest BCUT2D eigenvalue weighted by Gasteiger charge is -2.46. The molecule has 0 unspecified atom stereocenters. The van der Waals surface area contributed by atoms with Crippen molar-refractivity contribution in [2.45, 2.75) is 23.4 Å². The Balaban J connectivity index is 1.68. The van der Waals surface area contributed by atoms with Crippen LogP contribution in [0.25, 0.3) is 21.8 Å². The van der Waals surface area contributed by atoms with Gasteiger partial charge in [0.05, 0.1) is 25.7 Å². The summed E-state index contributed by atoms with van der Waals surface area (Å²) in [6, 6.07) is 13.7. The van der Waals surface area contributed by atoms with E-state index in [0.29, 0.717) is 5.69 Å². The van der Waals surface area contributed by atoms with Crippen LogP contribution in [-0.2, 0) is 21.5 Å². The Kier molecular flexibility index (Phi) is 4.18. The van der Waals surface area contributed by atoms with Gasteiger partial charge < -0.3 is 15.7 Å². The van der Waals surface area contributed by atoms with E-state index in [9.17, 15) is 9.59 Å². The first-order chi connectivity index (χ1) is 17.7. The SMILES string of the molecule is CN1C(=O)[C@]2(c3[nH]c4cc(Br)ccc4c3C[C@@]3(N=C(N)NC3=O)[C@H]2c2c[nH]c3ccccc23)[N+](C)=C1N. The third kappa shape index (κ3) is 2.49. The van der Waals surface area contributed by atoms with Crippen molar-refractivity contribution in [2.75, 3.05) is 14.1 Å². The van der Waals surface area contributed by atoms with Crippen LogP contribution in [0.15, 0.2) is 58.1 Å². The van der Waals surface area contributed by atoms with Gasteiger partial charge in [-0.2, -0.15) is 0 Å². The zero-order chi connectivity index (χ0) is 25.9. The van der Waals surface area contributed by atoms with E-state index in [4.69, 9.17) is 16.5 Å². The second-order valence-corrected chi connectivity index (χ2v) is 10.9. The number of aromatic nitrogens is 2. The highest BCUT2D eigenvalue weighted by Gasteiger charge is 2.73. The molecule has 7 rings (SSSR count). The maximum Gasteiger partial charge on any atom is 0.354 e. The molecular formula is C26H24BrN8O2+. The first kappa shape index (κ1) is 22.1. The second kappa shape index (κ2) is 7.00. The Morgan fingerprint density at radius 3 is 2.62 bits per heavy atom. The zero-order valence-corrected chi connectivity index (χ0v) is 21.7. The molecule has 186 valence electrons. The standard InChI is InChI=1S/C26H23BrN8O2/c1-34-22(37)26(35(2)24(34)29)19(16-11-30-17-6-4-3-5-13(16)17)25(21(36)32-23(28)33-25)10-15-14-8-7-12(27)9-18(14)31-20(15)26/h3-9,11,19,29-31H,10H2,1-2H3,(H3,28,32,33,36)/p+1/t19-,25-,26+/m1/s1. The summed E-state index contributed by atoms with van der Waals surface area (Å²) in [5.74, 6) is -1.03. The molecule has 2 aliphatic heterocycles. The van der Waals surface area contributed by atoms with Crippen LogP contribution < -0.4 is 16.8 Å². The maximum atomic E-state index is 14.5. The number of H-pyrrole nitrogens is 2. The topological polar surface area (TPSA) is 148 Å². The average Bonchev–Trinajstić information content (AvgIpc) is 3.57. The molecule has 0 radical (unpaired) electrons. The number of halogens is 1. The monoisotopic (exact) mass is 559 g/mol. The zero-order valence-electron chi connectivity index (χ0n) is 20.1. The number of amides is 2. The summed E-state index contributed by atoms with van der Waals surface area (Å²) in [6.07, 6.45) is 2.13. The summed E-state index contributed by atoms with van der Waals surface area (Å²) in [6.45, 7) is 0. The first-order valence-corrected chi connectivity index (χ1v) is 12.7. The van der Waals surface area contributed by atoms with Gasteiger partial charge in [0.15, 0.2) is 11.5 Å². The Hall–Kier alpha value is -4.12. The van der Waals surface area contributed by atoms with Crippen LogP contribution in [0.2, 0.25) is 0 Å². The molecule has 0 fully saturated rings. The third-order valence-electron chi connectivity index (χ3n) is 8.32. The molecule has 2 aromatic heterocycles. The number of hydrogen-bond acceptors (Lipinski definition) is 5. The maximum absolute atomic E-state index is 14.5. The lowest BCUT2D eigenvalue weighted by Crippen LogP contribution is -2.62. The molecule has 37 heavy (non-hydrogen) atoms. The molecule has 0 saturated carbocycles. The molecular weight excluding hydrogens is 536 g/mol. The van der Waals surface area contributed by atoms with E-state index in [2.05, 4.69) is 31.2 Å². The molecule has 4 aromatic rings. The molecule has 2 amide bonds. The van der Waals surface area contributed by atoms with Crippen LogP contribution in [0.1, 0.15) is 22.7 Å². The number of carbonyl (C=O) groups excluding carboxylic acids is 2. The molecule has 4 heterocycles. The smallest absolute Gasteiger partial charge is 0.354 e. The molecule has 1 aliphatic carbocycles. The van der Waals surface area contributed by atoms with E-state index in [-0.39, 0.29) is 30.2 Å². The number of nitrogens with one attached hydrogen (secondary N) is 3. The minimum absolute atomic E-state index is 0.0365. The number of aromatic amines is 2. The van der Waals surface area contributed by atoms with Crippen LogP contribution in [0, 0.1) is 0 Å². The van der Waals surface area contributed by atoms with Gasteiger partial charge in [0.2, 0.25) is 5.54 Å². The van der Waals surface area contributed by atoms with Crippen LogP contribution in [0.4, 0.5) is 0 Å². The van der Waals surface area contributed by atoms with Gasteiger partial charge >= 0.3 is 11.9 Å². The summed E-state index contributed by atoms with van der Waals surface area (Å²) in [4.78, 5) is 41.6. The van der Waals surface area contributed by atoms with Crippen LogP contribution in [-0.4, -0.2) is 62.8 Å². The summed E-state index contributed by atoms with van der Waals surface area (Å²) in [7, 11) is 3.45. The molecule has 7 N–H and O–H groups in total. The minimum Gasteiger partial charge on any atom is -0.370 e. The van der Waals surface area contributed by atoms with Gasteiger partial charge in [-0.25, -0.2) is 14.5 Å². The molecule has 2 aromatic carbocycles. The van der Waals surface area contributed by atoms with Crippen molar-refractivity contribution in [3.63, 3.8) is 0 Å². The molecule has 11 heteroatoms. The summed E-state index contributed by atoms with van der Waals surface area (Å²) in [5.41, 5.74) is 14.0. The van der Waals surface area contributed by atoms with Gasteiger partial charge in [-0.3, -0.25) is 20.6 Å². The summed E-state index contributed by atoms with van der Waals surface area (Å²) in [5, 5.41) is 4.55. The number of benzene rings is 2. The van der Waals surface area contributed by atoms with Crippen molar-refractivity contribution in [3.05, 3.63) is 70.0 Å². The lowest BCUT2D eigenvalue weighted by atomic mass is 9.59. The van der Waals surface area contributed by atoms with Crippen molar-refractivity contribution < 1.29 is 14.2 Å². The first-order valence-electron chi connectivity index (χ1n) is 11.9. The van der Waals surface area contributed by atoms with Crippen LogP contribution in [0.5, 0.6) is 0 Å². The second-order valence-electron chi connectivity index (χ2n) is 9.99. The Bertz CT molecular complexity index is 1770. The number of fused-ring (bicyclic) bond motifs is 5. The van der Waals surface area contributed by atoms with Gasteiger partial charge in [-0.05, 0) is 29.3 Å². The predicted octanol–water partition coefficient (Wildman–Crippen LogP) is 1.56. The highest BCUT2D eigenvalue weighted by Crippen LogP contribution is 2.58. The number of aliphatic imine (C=N–C) groups is 1. The van der Waals surface area contributed by atoms with E-state index in [1.165, 1.54) is 4.90 Å². The predicted molar refractivity (Wildman–Crippen MR) is 143 cm³/mol. The molecule has 10 nitrogen and oxygen atoms in total. The average molecular weight is 560 g/mol. The van der Waals surface area contributed by atoms with Crippen molar-refractivity contribution in [1.82, 2.24) is 20.2 Å². The van der Waals surface area contributed by atoms with Gasteiger partial charge in [0.25, 0.3) is 5.91 Å². The number of carbonyl (C=O) groups is 2. The van der Waals surface area contributed by atoms with Crippen LogP contribution in [0.3, 0.4) is 0 Å². The normalized spacial score (nSPS) is 27.2. The Morgan fingerprint density at radius 2 is 1.92 bits per heavy atom. The van der Waals surface area contributed by atoms with Crippen molar-refractivity contribution in [2.24, 2.45) is 16.5 Å². The molecule has 2 spiro atoms. The largest absolute Gasteiger partial charge is 0.370 e. The fourth-order valence-corrected chi connectivity index (χ4v) is 7.11. The lowest BCUT2D eigenvalue weighted by molar-refractivity contribution is -0.578. The number of hydrogen-bond donors (Lipinski definition) is 5. The fraction of sp³-hybridized carbons (Fsp3) is 0.231. The van der Waals surface area contributed by atoms with Crippen molar-refractivity contribution >= 4 is 61.5 Å². The number of likely N-dealkylation sites (N-methyl/N-ethyl adjacent to an activating group) is 2. The van der Waals surface area contributed by atoms with E-state index in [1.54, 1.807) is 18.7 Å². The molecule has 3 atom stereocenters. The highest BCUT2D eigenvalue weighted by atomic mass is 79.9. The van der Waals surface area contributed by atoms with Crippen molar-refractivity contribution in [1.29, 1.82) is 0 Å². The van der Waals surface area contributed by atoms with E-state index < -0.39 is 17.0 Å². The fourth-order valence-electron chi connectivity index (χ4n) is 6.75. The summed E-state index contributed by atoms with van der Waals surface area (Å²) < 4.78 is 2.68. The number of nitrogens with two attached hydrogens (primary N) is 2. The molecule has 0 bridgehead atoms. The number of rotatable bonds is 1. The third-order valence-corrected chi connectivity index (χ3v) is 8.82. The Morgan fingerprint density at radius 1 is 1.14 bits per heavy atom. The number of nitrogens with zero attached hydrogens (tertiary/aromatic N) is 3. The van der Waals surface area contributed by atoms with Crippen LogP contribution >= 0.6 is 15.9 Å². The van der Waals surface area contributed by atoms with Gasteiger partial charge in [0.1, 0.15) is 0 Å². The van der Waals surface area contributed by atoms with Gasteiger partial charge in [0, 0.05) is 38.9 Å². The minimum atomic E-state index is -1.39. The van der Waals surface area contributed by atoms with Crippen molar-refractivity contribution in [3.8, 4) is 0 Å². The van der Waals surface area contributed by atoms with Gasteiger partial charge in [-0.15, -0.1) is 0 Å². The number of para-hydroxylation sites is 1. The number of guanidine groups is 2. The van der Waals surface area contributed by atoms with E-state index in [1.807, 2.05) is 48.7 Å². The van der Waals surface area contributed by atoms with E-state index >= 15 is 0 Å². The highest BCUT2D eigenvalue weighted by molar-refractivity contribution is 9.10. The molecule has 0 saturated heterocycles. The summed E-state index contributed by atoms with van der Waals surface area (Å²) >= 11 is 3.55. The van der Waals surface area contributed by atoms with E-state index in [0.717, 1.165) is 37.4 Å². The quantitative estimate of drug-likeness (QED) is 0.225. The molecule has 3 aliphatic rings. The van der Waals surface area contributed by atoms with Gasteiger partial charge in [-0.1, -0.05) is 40.2 Å². The Labute approximate surface area is 219 Å².